The number of carboxylic acids is 1. The summed E-state index contributed by atoms with van der Waals surface area (Å²) in [6.45, 7) is 0. The first-order chi connectivity index (χ1) is 11.2. The van der Waals surface area contributed by atoms with Gasteiger partial charge in [0, 0.05) is 0 Å². The van der Waals surface area contributed by atoms with E-state index in [0.29, 0.717) is 12.9 Å². The van der Waals surface area contributed by atoms with E-state index in [0.717, 1.165) is 0 Å². The lowest BCUT2D eigenvalue weighted by atomic mass is 10.1. The second-order valence-electron chi connectivity index (χ2n) is 4.27. The lowest BCUT2D eigenvalue weighted by molar-refractivity contribution is -0.255. The normalized spacial score (nSPS) is 10.6. The van der Waals surface area contributed by atoms with Gasteiger partial charge in [-0.1, -0.05) is 0 Å². The molecule has 4 nitrogen and oxygen atoms in total. The van der Waals surface area contributed by atoms with Crippen molar-refractivity contribution in [1.29, 1.82) is 0 Å². The van der Waals surface area contributed by atoms with Crippen molar-refractivity contribution in [1.82, 2.24) is 0 Å². The van der Waals surface area contributed by atoms with Crippen LogP contribution in [0.3, 0.4) is 0 Å². The first-order valence-electron chi connectivity index (χ1n) is 5.97. The molecule has 2 rings (SSSR count). The fourth-order valence-corrected chi connectivity index (χ4v) is 3.94. The summed E-state index contributed by atoms with van der Waals surface area (Å²) >= 11 is 3.74. The Balaban J connectivity index is 2.58. The third kappa shape index (κ3) is 3.38. The number of methoxy groups -OCH3 is 1. The Morgan fingerprint density at radius 1 is 0.958 bits per heavy atom. The van der Waals surface area contributed by atoms with Crippen LogP contribution in [0.5, 0.6) is 17.2 Å². The molecule has 0 heterocycles. The molecule has 0 radical (unpaired) electrons. The molecule has 0 atom stereocenters. The molecule has 0 saturated carbocycles. The third-order valence-corrected chi connectivity index (χ3v) is 4.43. The van der Waals surface area contributed by atoms with Gasteiger partial charge in [0.1, 0.15) is 11.5 Å². The van der Waals surface area contributed by atoms with E-state index in [2.05, 4.69) is 0 Å². The lowest BCUT2D eigenvalue weighted by Crippen LogP contribution is -2.26. The predicted molar refractivity (Wildman–Crippen MR) is 89.1 cm³/mol. The highest BCUT2D eigenvalue weighted by Crippen LogP contribution is 2.37. The summed E-state index contributed by atoms with van der Waals surface area (Å²) in [5.74, 6) is -11.6. The number of carboxylic acid groups (broad SMARTS) is 1. The zero-order valence-corrected chi connectivity index (χ0v) is 15.9. The topological polar surface area (TPSA) is 58.6 Å². The predicted octanol–water partition coefficient (Wildman–Crippen LogP) is 3.62. The molecule has 0 unspecified atom stereocenters. The number of carbonyl (C=O) groups excluding carboxylic acids is 1. The first kappa shape index (κ1) is 19.0. The largest absolute Gasteiger partial charge is 0.545 e. The Morgan fingerprint density at radius 3 is 1.79 bits per heavy atom. The van der Waals surface area contributed by atoms with Gasteiger partial charge in [-0.3, -0.25) is 0 Å². The smallest absolute Gasteiger partial charge is 0.205 e. The Bertz CT molecular complexity index is 790. The van der Waals surface area contributed by atoms with Gasteiger partial charge in [0.05, 0.1) is 25.8 Å². The van der Waals surface area contributed by atoms with E-state index in [4.69, 9.17) is 9.47 Å². The van der Waals surface area contributed by atoms with Crippen LogP contribution in [-0.2, 0) is 0 Å². The molecule has 0 fully saturated rings. The molecular weight excluding hydrogens is 562 g/mol. The summed E-state index contributed by atoms with van der Waals surface area (Å²) in [5, 5.41) is 10.6. The maximum Gasteiger partial charge on any atom is 0.205 e. The molecule has 0 N–H and O–H groups in total. The standard InChI is InChI=1S/C14H6F4I2O4/c1-23-12-5(19)2-4(3-6(12)20)24-13-10(17)8(15)7(14(21)22)9(16)11(13)18/h2-3H,1H3,(H,21,22)/p-1. The monoisotopic (exact) mass is 567 g/mol. The molecule has 0 saturated heterocycles. The number of ether oxygens (including phenoxy) is 2. The Hall–Kier alpha value is -1.31. The number of hydrogen-bond acceptors (Lipinski definition) is 4. The molecule has 0 amide bonds. The maximum atomic E-state index is 13.9. The quantitative estimate of drug-likeness (QED) is 0.322. The van der Waals surface area contributed by atoms with E-state index >= 15 is 0 Å². The minimum Gasteiger partial charge on any atom is -0.545 e. The molecule has 2 aromatic carbocycles. The van der Waals surface area contributed by atoms with E-state index < -0.39 is 40.6 Å². The van der Waals surface area contributed by atoms with Crippen molar-refractivity contribution in [3.05, 3.63) is 48.1 Å². The molecule has 128 valence electrons. The molecule has 24 heavy (non-hydrogen) atoms. The van der Waals surface area contributed by atoms with Gasteiger partial charge in [-0.2, -0.15) is 8.78 Å². The van der Waals surface area contributed by atoms with Crippen LogP contribution in [0.1, 0.15) is 10.4 Å². The Morgan fingerprint density at radius 2 is 1.42 bits per heavy atom. The average Bonchev–Trinajstić information content (AvgIpc) is 2.49. The summed E-state index contributed by atoms with van der Waals surface area (Å²) in [5.41, 5.74) is -1.84. The van der Waals surface area contributed by atoms with Crippen molar-refractivity contribution < 1.29 is 36.9 Å². The van der Waals surface area contributed by atoms with Crippen LogP contribution in [0, 0.1) is 30.4 Å². The van der Waals surface area contributed by atoms with Crippen LogP contribution in [0.25, 0.3) is 0 Å². The van der Waals surface area contributed by atoms with Crippen LogP contribution >= 0.6 is 45.2 Å². The second kappa shape index (κ2) is 7.29. The molecule has 0 aromatic heterocycles. The van der Waals surface area contributed by atoms with Crippen LogP contribution < -0.4 is 14.6 Å². The van der Waals surface area contributed by atoms with Gasteiger partial charge < -0.3 is 19.4 Å². The third-order valence-electron chi connectivity index (χ3n) is 2.82. The van der Waals surface area contributed by atoms with Gasteiger partial charge in [-0.15, -0.1) is 0 Å². The zero-order valence-electron chi connectivity index (χ0n) is 11.6. The van der Waals surface area contributed by atoms with Crippen LogP contribution in [0.15, 0.2) is 12.1 Å². The highest BCUT2D eigenvalue weighted by Gasteiger charge is 2.28. The molecule has 0 aliphatic heterocycles. The van der Waals surface area contributed by atoms with E-state index in [-0.39, 0.29) is 5.75 Å². The van der Waals surface area contributed by atoms with E-state index in [1.54, 1.807) is 0 Å². The molecule has 10 heteroatoms. The number of carbonyl (C=O) groups is 1. The number of halogens is 6. The molecule has 0 spiro atoms. The minimum atomic E-state index is -2.39. The molecule has 2 aromatic rings. The van der Waals surface area contributed by atoms with E-state index in [1.807, 2.05) is 45.2 Å². The molecule has 0 aliphatic carbocycles. The zero-order chi connectivity index (χ0) is 18.2. The number of benzene rings is 2. The average molecular weight is 567 g/mol. The summed E-state index contributed by atoms with van der Waals surface area (Å²) in [7, 11) is 1.42. The Kier molecular flexibility index (Phi) is 5.78. The van der Waals surface area contributed by atoms with Gasteiger partial charge in [0.25, 0.3) is 0 Å². The van der Waals surface area contributed by atoms with Gasteiger partial charge in [0.15, 0.2) is 11.6 Å². The molecule has 0 aliphatic rings. The van der Waals surface area contributed by atoms with Crippen LogP contribution in [0.4, 0.5) is 17.6 Å². The maximum absolute atomic E-state index is 13.9. The van der Waals surface area contributed by atoms with Gasteiger partial charge >= 0.3 is 0 Å². The highest BCUT2D eigenvalue weighted by molar-refractivity contribution is 14.1. The van der Waals surface area contributed by atoms with Gasteiger partial charge in [-0.05, 0) is 57.3 Å². The first-order valence-corrected chi connectivity index (χ1v) is 8.12. The van der Waals surface area contributed by atoms with E-state index in [9.17, 15) is 27.5 Å². The summed E-state index contributed by atoms with van der Waals surface area (Å²) in [4.78, 5) is 10.6. The summed E-state index contributed by atoms with van der Waals surface area (Å²) in [6.07, 6.45) is 0. The van der Waals surface area contributed by atoms with Gasteiger partial charge in [0.2, 0.25) is 17.4 Å². The van der Waals surface area contributed by atoms with Crippen LogP contribution in [-0.4, -0.2) is 13.1 Å². The van der Waals surface area contributed by atoms with Crippen molar-refractivity contribution in [3.8, 4) is 17.2 Å². The van der Waals surface area contributed by atoms with Crippen molar-refractivity contribution in [2.24, 2.45) is 0 Å². The Labute approximate surface area is 160 Å². The molecular formula is C14H5F4I2O4-. The number of hydrogen-bond donors (Lipinski definition) is 0. The summed E-state index contributed by atoms with van der Waals surface area (Å²) in [6, 6.07) is 2.64. The van der Waals surface area contributed by atoms with Crippen molar-refractivity contribution in [2.45, 2.75) is 0 Å². The van der Waals surface area contributed by atoms with Gasteiger partial charge in [-0.25, -0.2) is 8.78 Å². The van der Waals surface area contributed by atoms with Crippen molar-refractivity contribution in [2.75, 3.05) is 7.11 Å². The fourth-order valence-electron chi connectivity index (χ4n) is 1.79. The van der Waals surface area contributed by atoms with E-state index in [1.165, 1.54) is 19.2 Å². The van der Waals surface area contributed by atoms with Crippen molar-refractivity contribution in [3.63, 3.8) is 0 Å². The second-order valence-corrected chi connectivity index (χ2v) is 6.59. The summed E-state index contributed by atoms with van der Waals surface area (Å²) < 4.78 is 66.0. The fraction of sp³-hybridized carbons (Fsp3) is 0.0714. The lowest BCUT2D eigenvalue weighted by Gasteiger charge is -2.14. The molecule has 0 bridgehead atoms. The number of rotatable bonds is 4. The van der Waals surface area contributed by atoms with Crippen molar-refractivity contribution >= 4 is 51.2 Å². The minimum absolute atomic E-state index is 0.123. The highest BCUT2D eigenvalue weighted by atomic mass is 127. The SMILES string of the molecule is COc1c(I)cc(Oc2c(F)c(F)c(C(=O)[O-])c(F)c2F)cc1I. The van der Waals surface area contributed by atoms with Crippen LogP contribution in [0.2, 0.25) is 0 Å². The number of aromatic carboxylic acids is 1.